The fourth-order valence-corrected chi connectivity index (χ4v) is 0.0913. The Labute approximate surface area is 69.7 Å². The topological polar surface area (TPSA) is 29.5 Å². The maximum absolute atomic E-state index is 7.94. The Morgan fingerprint density at radius 1 is 1.44 bits per heavy atom. The normalized spacial score (nSPS) is 8.67. The second-order valence-corrected chi connectivity index (χ2v) is 2.94. The van der Waals surface area contributed by atoms with Crippen LogP contribution in [-0.2, 0) is 4.74 Å². The van der Waals surface area contributed by atoms with Gasteiger partial charge in [0.15, 0.2) is 4.30 Å². The van der Waals surface area contributed by atoms with Crippen LogP contribution >= 0.6 is 34.8 Å². The predicted molar refractivity (Wildman–Crippen MR) is 40.3 cm³/mol. The summed E-state index contributed by atoms with van der Waals surface area (Å²) in [7, 11) is 1.55. The minimum atomic E-state index is -0.750. The van der Waals surface area contributed by atoms with E-state index in [1.54, 1.807) is 7.11 Å². The molecule has 0 aromatic heterocycles. The van der Waals surface area contributed by atoms with Gasteiger partial charge in [-0.25, -0.2) is 0 Å². The molecule has 0 unspecified atom stereocenters. The van der Waals surface area contributed by atoms with Gasteiger partial charge in [0.25, 0.3) is 0 Å². The Bertz CT molecular complexity index is 38.0. The van der Waals surface area contributed by atoms with Crippen molar-refractivity contribution >= 4 is 34.8 Å². The number of methoxy groups -OCH3 is 1. The number of ether oxygens (including phenoxy) is 1. The summed E-state index contributed by atoms with van der Waals surface area (Å²) in [6.45, 7) is 0.566. The van der Waals surface area contributed by atoms with E-state index < -0.39 is 4.30 Å². The van der Waals surface area contributed by atoms with Gasteiger partial charge in [0.1, 0.15) is 0 Å². The summed E-state index contributed by atoms with van der Waals surface area (Å²) in [6.07, 6.45) is 0. The molecule has 2 nitrogen and oxygen atoms in total. The summed E-state index contributed by atoms with van der Waals surface area (Å²) in [5.74, 6) is 0. The van der Waals surface area contributed by atoms with Gasteiger partial charge in [-0.1, -0.05) is 34.8 Å². The monoisotopic (exact) mass is 194 g/mol. The Morgan fingerprint density at radius 2 is 1.78 bits per heavy atom. The molecule has 0 aliphatic rings. The fourth-order valence-electron chi connectivity index (χ4n) is 0.0913. The summed E-state index contributed by atoms with van der Waals surface area (Å²) < 4.78 is 3.69. The average molecular weight is 195 g/mol. The molecule has 0 aliphatic heterocycles. The Balaban J connectivity index is 0. The van der Waals surface area contributed by atoms with Crippen molar-refractivity contribution < 1.29 is 9.84 Å². The number of aliphatic hydroxyl groups is 1. The maximum Gasteiger partial charge on any atom is 0.180 e. The van der Waals surface area contributed by atoms with Crippen molar-refractivity contribution in [3.05, 3.63) is 0 Å². The standard InChI is InChI=1S/C3H8O2.CHCl3/c1-5-3-2-4;2-1(3)4/h4H,2-3H2,1H3;1H. The average Bonchev–Trinajstić information content (AvgIpc) is 1.66. The first-order chi connectivity index (χ1) is 4.15. The Kier molecular flexibility index (Phi) is 16.0. The minimum absolute atomic E-state index is 0.122. The van der Waals surface area contributed by atoms with Crippen molar-refractivity contribution in [1.82, 2.24) is 0 Å². The molecular weight excluding hydrogens is 186 g/mol. The molecule has 0 saturated carbocycles. The first-order valence-corrected chi connectivity index (χ1v) is 3.48. The van der Waals surface area contributed by atoms with Gasteiger partial charge in [-0.3, -0.25) is 0 Å². The summed E-state index contributed by atoms with van der Waals surface area (Å²) >= 11 is 14.4. The van der Waals surface area contributed by atoms with Crippen molar-refractivity contribution in [2.45, 2.75) is 4.30 Å². The number of rotatable bonds is 2. The van der Waals surface area contributed by atoms with Gasteiger partial charge >= 0.3 is 0 Å². The second kappa shape index (κ2) is 11.6. The molecule has 0 saturated heterocycles. The van der Waals surface area contributed by atoms with Crippen molar-refractivity contribution in [3.63, 3.8) is 0 Å². The molecule has 0 spiro atoms. The minimum Gasteiger partial charge on any atom is -0.394 e. The van der Waals surface area contributed by atoms with E-state index in [1.165, 1.54) is 0 Å². The molecule has 0 bridgehead atoms. The van der Waals surface area contributed by atoms with Crippen molar-refractivity contribution in [2.75, 3.05) is 20.3 Å². The van der Waals surface area contributed by atoms with E-state index in [4.69, 9.17) is 39.9 Å². The third-order valence-corrected chi connectivity index (χ3v) is 0.295. The van der Waals surface area contributed by atoms with E-state index in [-0.39, 0.29) is 6.61 Å². The molecule has 0 fully saturated rings. The highest BCUT2D eigenvalue weighted by Gasteiger charge is 1.78. The molecule has 0 heterocycles. The molecule has 1 N–H and O–H groups in total. The lowest BCUT2D eigenvalue weighted by Gasteiger charge is -1.84. The van der Waals surface area contributed by atoms with Crippen LogP contribution in [0.25, 0.3) is 0 Å². The number of halogens is 3. The van der Waals surface area contributed by atoms with E-state index in [1.807, 2.05) is 0 Å². The van der Waals surface area contributed by atoms with Gasteiger partial charge in [0, 0.05) is 7.11 Å². The van der Waals surface area contributed by atoms with Crippen LogP contribution in [0.4, 0.5) is 0 Å². The zero-order valence-corrected chi connectivity index (χ0v) is 7.25. The second-order valence-electron chi connectivity index (χ2n) is 0.964. The Hall–Kier alpha value is 0.790. The molecule has 0 aromatic rings. The van der Waals surface area contributed by atoms with Crippen LogP contribution in [0.15, 0.2) is 0 Å². The van der Waals surface area contributed by atoms with E-state index in [2.05, 4.69) is 4.74 Å². The van der Waals surface area contributed by atoms with Gasteiger partial charge in [0.2, 0.25) is 0 Å². The van der Waals surface area contributed by atoms with Crippen LogP contribution in [0.2, 0.25) is 0 Å². The molecule has 0 aliphatic carbocycles. The number of hydrogen-bond acceptors (Lipinski definition) is 2. The first kappa shape index (κ1) is 12.5. The third kappa shape index (κ3) is 52.1. The summed E-state index contributed by atoms with van der Waals surface area (Å²) in [5.41, 5.74) is 0. The van der Waals surface area contributed by atoms with E-state index in [0.717, 1.165) is 0 Å². The molecule has 0 atom stereocenters. The van der Waals surface area contributed by atoms with Gasteiger partial charge in [-0.15, -0.1) is 0 Å². The molecule has 0 amide bonds. The molecule has 58 valence electrons. The smallest absolute Gasteiger partial charge is 0.180 e. The van der Waals surface area contributed by atoms with Gasteiger partial charge in [-0.2, -0.15) is 0 Å². The van der Waals surface area contributed by atoms with Crippen molar-refractivity contribution in [1.29, 1.82) is 0 Å². The zero-order chi connectivity index (χ0) is 7.70. The summed E-state index contributed by atoms with van der Waals surface area (Å²) in [4.78, 5) is 0. The van der Waals surface area contributed by atoms with Crippen LogP contribution in [-0.4, -0.2) is 29.7 Å². The largest absolute Gasteiger partial charge is 0.394 e. The van der Waals surface area contributed by atoms with Gasteiger partial charge in [0.05, 0.1) is 13.2 Å². The number of aliphatic hydroxyl groups excluding tert-OH is 1. The predicted octanol–water partition coefficient (Wildman–Crippen LogP) is 1.61. The lowest BCUT2D eigenvalue weighted by atomic mass is 10.8. The molecule has 0 rings (SSSR count). The summed E-state index contributed by atoms with van der Waals surface area (Å²) in [6, 6.07) is 0. The molecule has 5 heteroatoms. The van der Waals surface area contributed by atoms with E-state index in [0.29, 0.717) is 6.61 Å². The van der Waals surface area contributed by atoms with Crippen molar-refractivity contribution in [3.8, 4) is 0 Å². The highest BCUT2D eigenvalue weighted by molar-refractivity contribution is 6.63. The van der Waals surface area contributed by atoms with Crippen molar-refractivity contribution in [2.24, 2.45) is 0 Å². The fraction of sp³-hybridized carbons (Fsp3) is 1.00. The Morgan fingerprint density at radius 3 is 1.78 bits per heavy atom. The quantitative estimate of drug-likeness (QED) is 0.679. The van der Waals surface area contributed by atoms with Crippen LogP contribution in [0.3, 0.4) is 0 Å². The SMILES string of the molecule is COCCO.ClC(Cl)Cl. The first-order valence-electron chi connectivity index (χ1n) is 2.17. The van der Waals surface area contributed by atoms with Gasteiger partial charge in [-0.05, 0) is 0 Å². The highest BCUT2D eigenvalue weighted by atomic mass is 35.6. The summed E-state index contributed by atoms with van der Waals surface area (Å²) in [5, 5.41) is 7.94. The lowest BCUT2D eigenvalue weighted by Crippen LogP contribution is -1.91. The molecular formula is C4H9Cl3O2. The van der Waals surface area contributed by atoms with Crippen LogP contribution in [0, 0.1) is 0 Å². The zero-order valence-electron chi connectivity index (χ0n) is 4.98. The van der Waals surface area contributed by atoms with Gasteiger partial charge < -0.3 is 9.84 Å². The third-order valence-electron chi connectivity index (χ3n) is 0.295. The lowest BCUT2D eigenvalue weighted by molar-refractivity contribution is 0.135. The van der Waals surface area contributed by atoms with Crippen LogP contribution in [0.1, 0.15) is 0 Å². The molecule has 0 aromatic carbocycles. The van der Waals surface area contributed by atoms with Crippen LogP contribution in [0.5, 0.6) is 0 Å². The molecule has 9 heavy (non-hydrogen) atoms. The van der Waals surface area contributed by atoms with E-state index >= 15 is 0 Å². The van der Waals surface area contributed by atoms with E-state index in [9.17, 15) is 0 Å². The highest BCUT2D eigenvalue weighted by Crippen LogP contribution is 2.03. The molecule has 0 radical (unpaired) electrons. The number of hydrogen-bond donors (Lipinski definition) is 1. The number of alkyl halides is 3. The maximum atomic E-state index is 7.94. The van der Waals surface area contributed by atoms with Crippen LogP contribution < -0.4 is 0 Å².